The predicted octanol–water partition coefficient (Wildman–Crippen LogP) is 17.1. The van der Waals surface area contributed by atoms with E-state index in [1.807, 2.05) is 11.3 Å². The first-order valence-corrected chi connectivity index (χ1v) is 22.6. The van der Waals surface area contributed by atoms with Gasteiger partial charge in [0, 0.05) is 48.1 Å². The number of nitrogens with zero attached hydrogens (tertiary/aromatic N) is 1. The van der Waals surface area contributed by atoms with Gasteiger partial charge in [-0.2, -0.15) is 0 Å². The van der Waals surface area contributed by atoms with Crippen LogP contribution in [0.1, 0.15) is 49.9 Å². The van der Waals surface area contributed by atoms with Gasteiger partial charge in [-0.25, -0.2) is 0 Å². The number of fused-ring (bicyclic) bond motifs is 9. The quantitative estimate of drug-likeness (QED) is 0.162. The summed E-state index contributed by atoms with van der Waals surface area (Å²) >= 11 is 1.87. The molecule has 296 valence electrons. The van der Waals surface area contributed by atoms with Gasteiger partial charge in [-0.3, -0.25) is 0 Å². The summed E-state index contributed by atoms with van der Waals surface area (Å²) in [6.45, 7) is 9.45. The number of anilines is 3. The summed E-state index contributed by atoms with van der Waals surface area (Å²) in [5.74, 6) is 0. The first kappa shape index (κ1) is 36.8. The molecule has 0 bridgehead atoms. The highest BCUT2D eigenvalue weighted by atomic mass is 32.1. The van der Waals surface area contributed by atoms with Crippen molar-refractivity contribution in [2.45, 2.75) is 38.5 Å². The van der Waals surface area contributed by atoms with Crippen molar-refractivity contribution in [1.82, 2.24) is 0 Å². The van der Waals surface area contributed by atoms with E-state index < -0.39 is 0 Å². The van der Waals surface area contributed by atoms with E-state index >= 15 is 0 Å². The topological polar surface area (TPSA) is 3.24 Å². The zero-order valence-electron chi connectivity index (χ0n) is 35.4. The lowest BCUT2D eigenvalue weighted by Gasteiger charge is -2.27. The van der Waals surface area contributed by atoms with Gasteiger partial charge < -0.3 is 4.90 Å². The van der Waals surface area contributed by atoms with Crippen LogP contribution in [0.5, 0.6) is 0 Å². The molecular weight excluding hydrogens is 767 g/mol. The Morgan fingerprint density at radius 1 is 0.339 bits per heavy atom. The van der Waals surface area contributed by atoms with Crippen molar-refractivity contribution in [3.8, 4) is 55.6 Å². The number of benzene rings is 9. The van der Waals surface area contributed by atoms with E-state index in [1.54, 1.807) is 0 Å². The number of rotatable bonds is 6. The van der Waals surface area contributed by atoms with Crippen molar-refractivity contribution in [3.05, 3.63) is 222 Å². The number of thiophene rings is 1. The van der Waals surface area contributed by atoms with Crippen LogP contribution in [0.3, 0.4) is 0 Å². The summed E-state index contributed by atoms with van der Waals surface area (Å²) in [6, 6.07) is 74.6. The van der Waals surface area contributed by atoms with Crippen molar-refractivity contribution in [2.24, 2.45) is 0 Å². The van der Waals surface area contributed by atoms with Crippen LogP contribution in [0.25, 0.3) is 75.8 Å². The second-order valence-electron chi connectivity index (χ2n) is 18.1. The molecular formula is C60H45NS. The molecule has 0 spiro atoms. The highest BCUT2D eigenvalue weighted by Crippen LogP contribution is 2.53. The zero-order valence-corrected chi connectivity index (χ0v) is 36.2. The molecule has 0 fully saturated rings. The molecule has 10 aromatic rings. The summed E-state index contributed by atoms with van der Waals surface area (Å²) in [7, 11) is 0. The van der Waals surface area contributed by atoms with Crippen molar-refractivity contribution >= 4 is 48.6 Å². The van der Waals surface area contributed by atoms with Gasteiger partial charge >= 0.3 is 0 Å². The average Bonchev–Trinajstić information content (AvgIpc) is 3.90. The van der Waals surface area contributed by atoms with Crippen LogP contribution in [0.15, 0.2) is 200 Å². The molecule has 1 heterocycles. The molecule has 1 aromatic heterocycles. The molecule has 2 heteroatoms. The summed E-state index contributed by atoms with van der Waals surface area (Å²) < 4.78 is 2.65. The minimum absolute atomic E-state index is 0.0430. The standard InChI is InChI=1S/C60H45NS/c1-59(2)52-19-8-5-13-47(52)49-36-29-41(37-54(49)59)38-23-30-42(31-24-38)61(43-32-25-39(26-33-43)45-16-12-22-56-57(45)51-15-7-10-21-55(51)62-56)44-34-27-40(28-35-44)46-17-11-18-50-48-14-6-9-20-53(48)60(3,4)58(46)50/h5-37H,1-4H3. The van der Waals surface area contributed by atoms with Gasteiger partial charge in [-0.15, -0.1) is 11.3 Å². The maximum atomic E-state index is 2.41. The lowest BCUT2D eigenvalue weighted by atomic mass is 9.79. The SMILES string of the molecule is CC1(C)c2ccccc2-c2ccc(-c3ccc(N(c4ccc(-c5cccc6c5C(C)(C)c5ccccc5-6)cc4)c4ccc(-c5cccc6sc7ccccc7c56)cc4)cc3)cc21. The highest BCUT2D eigenvalue weighted by molar-refractivity contribution is 7.25. The lowest BCUT2D eigenvalue weighted by molar-refractivity contribution is 0.660. The van der Waals surface area contributed by atoms with Crippen LogP contribution < -0.4 is 4.90 Å². The van der Waals surface area contributed by atoms with Crippen LogP contribution in [0, 0.1) is 0 Å². The Hall–Kier alpha value is -7.00. The Labute approximate surface area is 368 Å². The van der Waals surface area contributed by atoms with E-state index in [1.165, 1.54) is 98.1 Å². The molecule has 0 saturated carbocycles. The summed E-state index contributed by atoms with van der Waals surface area (Å²) in [5.41, 5.74) is 21.7. The lowest BCUT2D eigenvalue weighted by Crippen LogP contribution is -2.16. The number of hydrogen-bond acceptors (Lipinski definition) is 2. The summed E-state index contributed by atoms with van der Waals surface area (Å²) in [6.07, 6.45) is 0. The first-order chi connectivity index (χ1) is 30.3. The summed E-state index contributed by atoms with van der Waals surface area (Å²) in [5, 5.41) is 2.66. The molecule has 0 saturated heterocycles. The smallest absolute Gasteiger partial charge is 0.0462 e. The molecule has 0 radical (unpaired) electrons. The molecule has 0 N–H and O–H groups in total. The van der Waals surface area contributed by atoms with E-state index in [2.05, 4.69) is 233 Å². The molecule has 9 aromatic carbocycles. The summed E-state index contributed by atoms with van der Waals surface area (Å²) in [4.78, 5) is 2.40. The predicted molar refractivity (Wildman–Crippen MR) is 265 cm³/mol. The van der Waals surface area contributed by atoms with E-state index in [-0.39, 0.29) is 10.8 Å². The average molecular weight is 812 g/mol. The first-order valence-electron chi connectivity index (χ1n) is 21.8. The Balaban J connectivity index is 0.940. The molecule has 0 aliphatic heterocycles. The van der Waals surface area contributed by atoms with Gasteiger partial charge in [-0.05, 0) is 132 Å². The fourth-order valence-corrected chi connectivity index (χ4v) is 11.9. The van der Waals surface area contributed by atoms with E-state index in [9.17, 15) is 0 Å². The Morgan fingerprint density at radius 2 is 0.806 bits per heavy atom. The van der Waals surface area contributed by atoms with Gasteiger partial charge in [-0.1, -0.05) is 173 Å². The Kier molecular flexibility index (Phi) is 8.17. The van der Waals surface area contributed by atoms with E-state index in [0.29, 0.717) is 0 Å². The minimum Gasteiger partial charge on any atom is -0.311 e. The fraction of sp³-hybridized carbons (Fsp3) is 0.100. The van der Waals surface area contributed by atoms with Gasteiger partial charge in [0.2, 0.25) is 0 Å². The van der Waals surface area contributed by atoms with Crippen molar-refractivity contribution in [2.75, 3.05) is 4.90 Å². The van der Waals surface area contributed by atoms with Crippen LogP contribution in [0.4, 0.5) is 17.1 Å². The molecule has 2 aliphatic carbocycles. The van der Waals surface area contributed by atoms with Crippen molar-refractivity contribution in [3.63, 3.8) is 0 Å². The van der Waals surface area contributed by atoms with Gasteiger partial charge in [0.25, 0.3) is 0 Å². The molecule has 0 amide bonds. The van der Waals surface area contributed by atoms with E-state index in [4.69, 9.17) is 0 Å². The fourth-order valence-electron chi connectivity index (χ4n) is 10.8. The second kappa shape index (κ2) is 13.8. The van der Waals surface area contributed by atoms with Gasteiger partial charge in [0.15, 0.2) is 0 Å². The third-order valence-electron chi connectivity index (χ3n) is 13.9. The maximum absolute atomic E-state index is 2.41. The van der Waals surface area contributed by atoms with Crippen LogP contribution in [-0.2, 0) is 10.8 Å². The van der Waals surface area contributed by atoms with Crippen LogP contribution >= 0.6 is 11.3 Å². The zero-order chi connectivity index (χ0) is 41.7. The Bertz CT molecular complexity index is 3380. The third-order valence-corrected chi connectivity index (χ3v) is 15.0. The van der Waals surface area contributed by atoms with Crippen molar-refractivity contribution < 1.29 is 0 Å². The Morgan fingerprint density at radius 3 is 1.50 bits per heavy atom. The second-order valence-corrected chi connectivity index (χ2v) is 19.2. The van der Waals surface area contributed by atoms with Crippen LogP contribution in [-0.4, -0.2) is 0 Å². The third kappa shape index (κ3) is 5.53. The largest absolute Gasteiger partial charge is 0.311 e. The molecule has 0 unspecified atom stereocenters. The normalized spacial score (nSPS) is 14.1. The van der Waals surface area contributed by atoms with Gasteiger partial charge in [0.05, 0.1) is 0 Å². The molecule has 12 rings (SSSR count). The molecule has 62 heavy (non-hydrogen) atoms. The van der Waals surface area contributed by atoms with E-state index in [0.717, 1.165) is 17.1 Å². The maximum Gasteiger partial charge on any atom is 0.0462 e. The van der Waals surface area contributed by atoms with Crippen LogP contribution in [0.2, 0.25) is 0 Å². The number of hydrogen-bond donors (Lipinski definition) is 0. The monoisotopic (exact) mass is 811 g/mol. The van der Waals surface area contributed by atoms with Crippen molar-refractivity contribution in [1.29, 1.82) is 0 Å². The molecule has 1 nitrogen and oxygen atoms in total. The highest BCUT2D eigenvalue weighted by Gasteiger charge is 2.38. The van der Waals surface area contributed by atoms with Gasteiger partial charge in [0.1, 0.15) is 0 Å². The molecule has 2 aliphatic rings. The molecule has 0 atom stereocenters. The minimum atomic E-state index is -0.0884.